The minimum atomic E-state index is -0.104. The minimum Gasteiger partial charge on any atom is -0.383 e. The average molecular weight is 243 g/mol. The third-order valence-corrected chi connectivity index (χ3v) is 3.18. The van der Waals surface area contributed by atoms with E-state index in [0.717, 1.165) is 25.6 Å². The van der Waals surface area contributed by atoms with Crippen molar-refractivity contribution in [3.05, 3.63) is 0 Å². The Morgan fingerprint density at radius 2 is 1.94 bits per heavy atom. The first kappa shape index (κ1) is 14.3. The van der Waals surface area contributed by atoms with Crippen molar-refractivity contribution in [3.8, 4) is 0 Å². The molecule has 1 aliphatic rings. The molecule has 5 nitrogen and oxygen atoms in total. The molecule has 1 saturated heterocycles. The topological polar surface area (TPSA) is 53.6 Å². The van der Waals surface area contributed by atoms with E-state index in [9.17, 15) is 4.79 Å². The lowest BCUT2D eigenvalue weighted by molar-refractivity contribution is 0.187. The Kier molecular flexibility index (Phi) is 6.96. The normalized spacial score (nSPS) is 18.0. The first-order chi connectivity index (χ1) is 8.22. The monoisotopic (exact) mass is 243 g/mol. The number of rotatable bonds is 6. The van der Waals surface area contributed by atoms with Crippen LogP contribution in [-0.4, -0.2) is 57.4 Å². The van der Waals surface area contributed by atoms with E-state index in [4.69, 9.17) is 4.74 Å². The van der Waals surface area contributed by atoms with Crippen molar-refractivity contribution in [3.63, 3.8) is 0 Å². The Balaban J connectivity index is 1.97. The Bertz CT molecular complexity index is 216. The van der Waals surface area contributed by atoms with Crippen LogP contribution in [0.2, 0.25) is 0 Å². The SMILES string of the molecule is COCCNC(=O)NCCN1CCC(C)CC1. The molecule has 0 aromatic rings. The number of nitrogens with one attached hydrogen (secondary N) is 2. The van der Waals surface area contributed by atoms with Crippen molar-refractivity contribution in [2.45, 2.75) is 19.8 Å². The number of likely N-dealkylation sites (tertiary alicyclic amines) is 1. The van der Waals surface area contributed by atoms with Gasteiger partial charge in [0.2, 0.25) is 0 Å². The fraction of sp³-hybridized carbons (Fsp3) is 0.917. The van der Waals surface area contributed by atoms with Crippen LogP contribution >= 0.6 is 0 Å². The Morgan fingerprint density at radius 3 is 2.59 bits per heavy atom. The predicted molar refractivity (Wildman–Crippen MR) is 68.1 cm³/mol. The lowest BCUT2D eigenvalue weighted by Crippen LogP contribution is -2.43. The van der Waals surface area contributed by atoms with Gasteiger partial charge >= 0.3 is 6.03 Å². The van der Waals surface area contributed by atoms with E-state index in [0.29, 0.717) is 19.7 Å². The molecule has 5 heteroatoms. The van der Waals surface area contributed by atoms with Gasteiger partial charge in [0.25, 0.3) is 0 Å². The highest BCUT2D eigenvalue weighted by molar-refractivity contribution is 5.73. The van der Waals surface area contributed by atoms with E-state index in [1.807, 2.05) is 0 Å². The van der Waals surface area contributed by atoms with Crippen molar-refractivity contribution in [1.29, 1.82) is 0 Å². The molecule has 0 radical (unpaired) electrons. The molecule has 17 heavy (non-hydrogen) atoms. The quantitative estimate of drug-likeness (QED) is 0.674. The van der Waals surface area contributed by atoms with Crippen LogP contribution < -0.4 is 10.6 Å². The molecule has 100 valence electrons. The molecule has 0 aromatic carbocycles. The van der Waals surface area contributed by atoms with Gasteiger partial charge in [0, 0.05) is 26.7 Å². The first-order valence-corrected chi connectivity index (χ1v) is 6.45. The van der Waals surface area contributed by atoms with E-state index >= 15 is 0 Å². The summed E-state index contributed by atoms with van der Waals surface area (Å²) in [7, 11) is 1.62. The van der Waals surface area contributed by atoms with Gasteiger partial charge in [-0.1, -0.05) is 6.92 Å². The molecule has 1 rings (SSSR count). The van der Waals surface area contributed by atoms with E-state index in [-0.39, 0.29) is 6.03 Å². The fourth-order valence-electron chi connectivity index (χ4n) is 1.94. The summed E-state index contributed by atoms with van der Waals surface area (Å²) < 4.78 is 4.85. The maximum atomic E-state index is 11.3. The molecule has 0 aromatic heterocycles. The Labute approximate surface area is 104 Å². The van der Waals surface area contributed by atoms with Crippen LogP contribution in [0.3, 0.4) is 0 Å². The molecule has 0 bridgehead atoms. The van der Waals surface area contributed by atoms with Crippen molar-refractivity contribution in [1.82, 2.24) is 15.5 Å². The summed E-state index contributed by atoms with van der Waals surface area (Å²) in [6, 6.07) is -0.104. The second-order valence-electron chi connectivity index (χ2n) is 4.70. The van der Waals surface area contributed by atoms with Gasteiger partial charge in [0.15, 0.2) is 0 Å². The predicted octanol–water partition coefficient (Wildman–Crippen LogP) is 0.664. The number of hydrogen-bond donors (Lipinski definition) is 2. The highest BCUT2D eigenvalue weighted by Gasteiger charge is 2.14. The van der Waals surface area contributed by atoms with Crippen LogP contribution in [0.15, 0.2) is 0 Å². The second-order valence-corrected chi connectivity index (χ2v) is 4.70. The van der Waals surface area contributed by atoms with E-state index in [2.05, 4.69) is 22.5 Å². The summed E-state index contributed by atoms with van der Waals surface area (Å²) in [6.45, 7) is 7.40. The number of hydrogen-bond acceptors (Lipinski definition) is 3. The van der Waals surface area contributed by atoms with E-state index < -0.39 is 0 Å². The summed E-state index contributed by atoms with van der Waals surface area (Å²) >= 11 is 0. The number of carbonyl (C=O) groups is 1. The average Bonchev–Trinajstić information content (AvgIpc) is 2.32. The maximum absolute atomic E-state index is 11.3. The van der Waals surface area contributed by atoms with Gasteiger partial charge in [0.05, 0.1) is 6.61 Å². The van der Waals surface area contributed by atoms with Gasteiger partial charge in [-0.2, -0.15) is 0 Å². The molecule has 0 spiro atoms. The van der Waals surface area contributed by atoms with Gasteiger partial charge in [-0.3, -0.25) is 0 Å². The molecule has 1 fully saturated rings. The number of urea groups is 1. The molecule has 0 saturated carbocycles. The molecular weight excluding hydrogens is 218 g/mol. The summed E-state index contributed by atoms with van der Waals surface area (Å²) in [5.74, 6) is 0.858. The number of carbonyl (C=O) groups excluding carboxylic acids is 1. The molecule has 0 atom stereocenters. The highest BCUT2D eigenvalue weighted by atomic mass is 16.5. The number of ether oxygens (including phenoxy) is 1. The minimum absolute atomic E-state index is 0.104. The summed E-state index contributed by atoms with van der Waals surface area (Å²) in [4.78, 5) is 13.7. The Hall–Kier alpha value is -0.810. The molecule has 2 amide bonds. The maximum Gasteiger partial charge on any atom is 0.314 e. The summed E-state index contributed by atoms with van der Waals surface area (Å²) in [5, 5.41) is 5.59. The van der Waals surface area contributed by atoms with E-state index in [1.165, 1.54) is 12.8 Å². The van der Waals surface area contributed by atoms with Gasteiger partial charge in [0.1, 0.15) is 0 Å². The van der Waals surface area contributed by atoms with E-state index in [1.54, 1.807) is 7.11 Å². The number of methoxy groups -OCH3 is 1. The zero-order valence-electron chi connectivity index (χ0n) is 11.0. The van der Waals surface area contributed by atoms with Crippen LogP contribution in [0.4, 0.5) is 4.79 Å². The third-order valence-electron chi connectivity index (χ3n) is 3.18. The van der Waals surface area contributed by atoms with Crippen LogP contribution in [0.5, 0.6) is 0 Å². The zero-order valence-corrected chi connectivity index (χ0v) is 11.0. The van der Waals surface area contributed by atoms with Crippen LogP contribution in [-0.2, 0) is 4.74 Å². The highest BCUT2D eigenvalue weighted by Crippen LogP contribution is 2.14. The van der Waals surface area contributed by atoms with Gasteiger partial charge in [-0.25, -0.2) is 4.79 Å². The smallest absolute Gasteiger partial charge is 0.314 e. The van der Waals surface area contributed by atoms with Crippen molar-refractivity contribution < 1.29 is 9.53 Å². The van der Waals surface area contributed by atoms with Gasteiger partial charge < -0.3 is 20.3 Å². The van der Waals surface area contributed by atoms with Crippen molar-refractivity contribution >= 4 is 6.03 Å². The summed E-state index contributed by atoms with van der Waals surface area (Å²) in [6.07, 6.45) is 2.56. The third kappa shape index (κ3) is 6.48. The molecule has 2 N–H and O–H groups in total. The fourth-order valence-corrected chi connectivity index (χ4v) is 1.94. The van der Waals surface area contributed by atoms with Crippen LogP contribution in [0, 0.1) is 5.92 Å². The largest absolute Gasteiger partial charge is 0.383 e. The lowest BCUT2D eigenvalue weighted by Gasteiger charge is -2.30. The molecule has 0 unspecified atom stereocenters. The standard InChI is InChI=1S/C12H25N3O2/c1-11-3-7-15(8-4-11)9-5-13-12(16)14-6-10-17-2/h11H,3-10H2,1-2H3,(H2,13,14,16). The second kappa shape index (κ2) is 8.31. The molecule has 0 aliphatic carbocycles. The molecular formula is C12H25N3O2. The summed E-state index contributed by atoms with van der Waals surface area (Å²) in [5.41, 5.74) is 0. The lowest BCUT2D eigenvalue weighted by atomic mass is 9.99. The molecule has 1 heterocycles. The number of nitrogens with zero attached hydrogens (tertiary/aromatic N) is 1. The van der Waals surface area contributed by atoms with Crippen LogP contribution in [0.1, 0.15) is 19.8 Å². The Morgan fingerprint density at radius 1 is 1.29 bits per heavy atom. The van der Waals surface area contributed by atoms with Crippen LogP contribution in [0.25, 0.3) is 0 Å². The van der Waals surface area contributed by atoms with Gasteiger partial charge in [-0.05, 0) is 31.8 Å². The number of amides is 2. The van der Waals surface area contributed by atoms with Gasteiger partial charge in [-0.15, -0.1) is 0 Å². The molecule has 1 aliphatic heterocycles. The first-order valence-electron chi connectivity index (χ1n) is 6.45. The van der Waals surface area contributed by atoms with Crippen molar-refractivity contribution in [2.24, 2.45) is 5.92 Å². The number of piperidine rings is 1. The van der Waals surface area contributed by atoms with Crippen molar-refractivity contribution in [2.75, 3.05) is 46.4 Å². The zero-order chi connectivity index (χ0) is 12.5.